The molecule has 230 valence electrons. The number of non-ortho nitro benzene ring substituents is 1. The largest absolute Gasteiger partial charge is 0.418 e. The molecule has 0 radical (unpaired) electrons. The second-order valence-electron chi connectivity index (χ2n) is 10.1. The number of aromatic nitrogens is 3. The van der Waals surface area contributed by atoms with E-state index in [9.17, 15) is 28.1 Å². The van der Waals surface area contributed by atoms with Gasteiger partial charge >= 0.3 is 12.2 Å². The molecule has 1 unspecified atom stereocenters. The molecule has 0 spiro atoms. The summed E-state index contributed by atoms with van der Waals surface area (Å²) in [7, 11) is 0. The number of aryl methyl sites for hydroxylation is 1. The van der Waals surface area contributed by atoms with Crippen molar-refractivity contribution in [3.63, 3.8) is 0 Å². The van der Waals surface area contributed by atoms with Crippen LogP contribution in [0.1, 0.15) is 34.1 Å². The number of carbonyl (C=O) groups is 1. The molecular weight excluding hydrogens is 605 g/mol. The van der Waals surface area contributed by atoms with Crippen LogP contribution in [0.15, 0.2) is 108 Å². The summed E-state index contributed by atoms with van der Waals surface area (Å²) in [4.78, 5) is 24.1. The predicted octanol–water partition coefficient (Wildman–Crippen LogP) is 7.90. The van der Waals surface area contributed by atoms with Crippen LogP contribution < -0.4 is 10.6 Å². The molecule has 0 saturated carbocycles. The van der Waals surface area contributed by atoms with E-state index in [1.807, 2.05) is 61.5 Å². The van der Waals surface area contributed by atoms with Crippen LogP contribution in [0, 0.1) is 17.0 Å². The van der Waals surface area contributed by atoms with E-state index < -0.39 is 34.4 Å². The minimum atomic E-state index is -4.67. The number of nitro groups is 1. The minimum Gasteiger partial charge on any atom is -0.327 e. The zero-order chi connectivity index (χ0) is 32.0. The van der Waals surface area contributed by atoms with Crippen molar-refractivity contribution in [2.45, 2.75) is 36.5 Å². The highest BCUT2D eigenvalue weighted by atomic mass is 32.2. The molecule has 1 heterocycles. The van der Waals surface area contributed by atoms with Gasteiger partial charge in [-0.1, -0.05) is 84.1 Å². The molecule has 0 bridgehead atoms. The number of benzene rings is 4. The molecule has 0 aliphatic rings. The smallest absolute Gasteiger partial charge is 0.327 e. The molecule has 0 aliphatic carbocycles. The van der Waals surface area contributed by atoms with Crippen molar-refractivity contribution in [2.24, 2.45) is 0 Å². The Bertz CT molecular complexity index is 1800. The van der Waals surface area contributed by atoms with Gasteiger partial charge in [0.05, 0.1) is 22.2 Å². The highest BCUT2D eigenvalue weighted by molar-refractivity contribution is 7.98. The first-order chi connectivity index (χ1) is 21.6. The maximum atomic E-state index is 13.6. The Kier molecular flexibility index (Phi) is 9.48. The fraction of sp³-hybridized carbons (Fsp3) is 0.156. The number of anilines is 1. The summed E-state index contributed by atoms with van der Waals surface area (Å²) < 4.78 is 42.5. The maximum Gasteiger partial charge on any atom is 0.418 e. The van der Waals surface area contributed by atoms with Crippen LogP contribution in [0.3, 0.4) is 0 Å². The predicted molar refractivity (Wildman–Crippen MR) is 165 cm³/mol. The third-order valence-electron chi connectivity index (χ3n) is 6.81. The lowest BCUT2D eigenvalue weighted by Gasteiger charge is -2.21. The van der Waals surface area contributed by atoms with Crippen molar-refractivity contribution < 1.29 is 22.9 Å². The molecule has 2 N–H and O–H groups in total. The summed E-state index contributed by atoms with van der Waals surface area (Å²) in [5.74, 6) is 0.830. The average Bonchev–Trinajstić information content (AvgIpc) is 3.44. The first kappa shape index (κ1) is 31.3. The third-order valence-corrected chi connectivity index (χ3v) is 7.81. The number of hydrogen-bond acceptors (Lipinski definition) is 6. The SMILES string of the molecule is Cc1cccc(CSc2nnc(C(Cc3ccccc3)NC(=O)Nc3ccccc3C(F)(F)F)n2-c2ccc([N+](=O)[O-])cc2)c1. The highest BCUT2D eigenvalue weighted by Crippen LogP contribution is 2.35. The maximum absolute atomic E-state index is 13.6. The monoisotopic (exact) mass is 632 g/mol. The van der Waals surface area contributed by atoms with Crippen LogP contribution in [0.4, 0.5) is 29.3 Å². The molecule has 0 aliphatic heterocycles. The lowest BCUT2D eigenvalue weighted by atomic mass is 10.1. The molecule has 45 heavy (non-hydrogen) atoms. The van der Waals surface area contributed by atoms with Crippen LogP contribution in [-0.4, -0.2) is 25.7 Å². The number of halogens is 3. The Morgan fingerprint density at radius 2 is 1.62 bits per heavy atom. The van der Waals surface area contributed by atoms with E-state index >= 15 is 0 Å². The van der Waals surface area contributed by atoms with Gasteiger partial charge in [-0.25, -0.2) is 4.79 Å². The number of carbonyl (C=O) groups excluding carboxylic acids is 1. The van der Waals surface area contributed by atoms with Crippen molar-refractivity contribution in [2.75, 3.05) is 5.32 Å². The summed E-state index contributed by atoms with van der Waals surface area (Å²) in [6, 6.07) is 26.0. The van der Waals surface area contributed by atoms with Crippen LogP contribution in [-0.2, 0) is 18.3 Å². The fourth-order valence-electron chi connectivity index (χ4n) is 4.73. The Balaban J connectivity index is 1.53. The van der Waals surface area contributed by atoms with Crippen LogP contribution >= 0.6 is 11.8 Å². The molecular formula is C32H27F3N6O3S. The number of amides is 2. The number of thioether (sulfide) groups is 1. The van der Waals surface area contributed by atoms with E-state index in [0.29, 0.717) is 22.4 Å². The minimum absolute atomic E-state index is 0.107. The van der Waals surface area contributed by atoms with Crippen LogP contribution in [0.2, 0.25) is 0 Å². The molecule has 5 aromatic rings. The zero-order valence-electron chi connectivity index (χ0n) is 23.9. The van der Waals surface area contributed by atoms with E-state index in [-0.39, 0.29) is 12.1 Å². The number of alkyl halides is 3. The van der Waals surface area contributed by atoms with E-state index in [1.165, 1.54) is 42.1 Å². The summed E-state index contributed by atoms with van der Waals surface area (Å²) in [6.07, 6.45) is -4.45. The summed E-state index contributed by atoms with van der Waals surface area (Å²) in [5, 5.41) is 25.8. The van der Waals surface area contributed by atoms with Crippen LogP contribution in [0.25, 0.3) is 5.69 Å². The Morgan fingerprint density at radius 3 is 2.31 bits per heavy atom. The van der Waals surface area contributed by atoms with Crippen molar-refractivity contribution in [1.29, 1.82) is 0 Å². The topological polar surface area (TPSA) is 115 Å². The molecule has 0 saturated heterocycles. The zero-order valence-corrected chi connectivity index (χ0v) is 24.7. The van der Waals surface area contributed by atoms with Gasteiger partial charge in [-0.3, -0.25) is 14.7 Å². The second kappa shape index (κ2) is 13.6. The van der Waals surface area contributed by atoms with E-state index in [2.05, 4.69) is 20.8 Å². The summed E-state index contributed by atoms with van der Waals surface area (Å²) >= 11 is 1.39. The molecule has 1 atom stereocenters. The van der Waals surface area contributed by atoms with Gasteiger partial charge in [-0.05, 0) is 42.3 Å². The van der Waals surface area contributed by atoms with Gasteiger partial charge in [-0.2, -0.15) is 13.2 Å². The van der Waals surface area contributed by atoms with Crippen molar-refractivity contribution >= 4 is 29.2 Å². The van der Waals surface area contributed by atoms with Gasteiger partial charge in [0.25, 0.3) is 5.69 Å². The van der Waals surface area contributed by atoms with Gasteiger partial charge < -0.3 is 10.6 Å². The number of rotatable bonds is 10. The Labute approximate surface area is 260 Å². The molecule has 1 aromatic heterocycles. The van der Waals surface area contributed by atoms with Gasteiger partial charge in [-0.15, -0.1) is 10.2 Å². The summed E-state index contributed by atoms with van der Waals surface area (Å²) in [5.41, 5.74) is 1.98. The molecule has 2 amide bonds. The lowest BCUT2D eigenvalue weighted by molar-refractivity contribution is -0.384. The summed E-state index contributed by atoms with van der Waals surface area (Å²) in [6.45, 7) is 1.99. The van der Waals surface area contributed by atoms with Crippen molar-refractivity contribution in [1.82, 2.24) is 20.1 Å². The van der Waals surface area contributed by atoms with Gasteiger partial charge in [0, 0.05) is 30.0 Å². The number of nitrogens with one attached hydrogen (secondary N) is 2. The second-order valence-corrected chi connectivity index (χ2v) is 11.1. The van der Waals surface area contributed by atoms with Gasteiger partial charge in [0.15, 0.2) is 11.0 Å². The molecule has 9 nitrogen and oxygen atoms in total. The van der Waals surface area contributed by atoms with E-state index in [4.69, 9.17) is 0 Å². The molecule has 4 aromatic carbocycles. The Hall–Kier alpha value is -5.17. The number of nitrogens with zero attached hydrogens (tertiary/aromatic N) is 4. The van der Waals surface area contributed by atoms with E-state index in [0.717, 1.165) is 22.8 Å². The third kappa shape index (κ3) is 7.87. The lowest BCUT2D eigenvalue weighted by Crippen LogP contribution is -2.35. The van der Waals surface area contributed by atoms with E-state index in [1.54, 1.807) is 16.7 Å². The van der Waals surface area contributed by atoms with Gasteiger partial charge in [0.2, 0.25) is 0 Å². The van der Waals surface area contributed by atoms with Crippen molar-refractivity contribution in [3.8, 4) is 5.69 Å². The van der Waals surface area contributed by atoms with Crippen molar-refractivity contribution in [3.05, 3.63) is 141 Å². The van der Waals surface area contributed by atoms with Crippen LogP contribution in [0.5, 0.6) is 0 Å². The Morgan fingerprint density at radius 1 is 0.933 bits per heavy atom. The van der Waals surface area contributed by atoms with Gasteiger partial charge in [0.1, 0.15) is 0 Å². The molecule has 5 rings (SSSR count). The normalized spacial score (nSPS) is 12.0. The first-order valence-corrected chi connectivity index (χ1v) is 14.7. The number of hydrogen-bond donors (Lipinski definition) is 2. The fourth-order valence-corrected chi connectivity index (χ4v) is 5.63. The molecule has 0 fully saturated rings. The highest BCUT2D eigenvalue weighted by Gasteiger charge is 2.34. The number of urea groups is 1. The number of para-hydroxylation sites is 1. The average molecular weight is 633 g/mol. The standard InChI is InChI=1S/C32H27F3N6O3S/c1-21-8-7-11-23(18-21)20-45-31-39-38-29(40(31)24-14-16-25(17-15-24)41(43)44)28(19-22-9-3-2-4-10-22)37-30(42)36-27-13-6-5-12-26(27)32(33,34)35/h2-18,28H,19-20H2,1H3,(H2,36,37,42). The number of nitro benzene ring substituents is 1. The first-order valence-electron chi connectivity index (χ1n) is 13.7. The quantitative estimate of drug-likeness (QED) is 0.0919. The molecule has 13 heteroatoms.